The van der Waals surface area contributed by atoms with Gasteiger partial charge in [0.15, 0.2) is 0 Å². The first-order chi connectivity index (χ1) is 11.7. The van der Waals surface area contributed by atoms with Gasteiger partial charge in [-0.2, -0.15) is 0 Å². The van der Waals surface area contributed by atoms with E-state index in [4.69, 9.17) is 4.74 Å². The van der Waals surface area contributed by atoms with Crippen LogP contribution in [0.15, 0.2) is 36.7 Å². The normalized spacial score (nSPS) is 15.2. The standard InChI is InChI=1S/C18H22N4O2/c1-13-10-17(20-12-19-13)21-15-6-8-22(9-7-15)18(23)14-4-3-5-16(11-14)24-2/h3-5,10-12,15H,6-9H2,1-2H3,(H,19,20,21). The first-order valence-corrected chi connectivity index (χ1v) is 8.14. The lowest BCUT2D eigenvalue weighted by molar-refractivity contribution is 0.0718. The summed E-state index contributed by atoms with van der Waals surface area (Å²) >= 11 is 0. The van der Waals surface area contributed by atoms with Gasteiger partial charge in [0.1, 0.15) is 17.9 Å². The van der Waals surface area contributed by atoms with Crippen molar-refractivity contribution in [2.45, 2.75) is 25.8 Å². The topological polar surface area (TPSA) is 67.3 Å². The van der Waals surface area contributed by atoms with Crippen LogP contribution in [0.1, 0.15) is 28.9 Å². The number of methoxy groups -OCH3 is 1. The first-order valence-electron chi connectivity index (χ1n) is 8.14. The lowest BCUT2D eigenvalue weighted by atomic mass is 10.0. The number of carbonyl (C=O) groups is 1. The minimum Gasteiger partial charge on any atom is -0.497 e. The van der Waals surface area contributed by atoms with Crippen molar-refractivity contribution in [2.75, 3.05) is 25.5 Å². The second-order valence-corrected chi connectivity index (χ2v) is 5.99. The summed E-state index contributed by atoms with van der Waals surface area (Å²) in [5.41, 5.74) is 1.62. The maximum Gasteiger partial charge on any atom is 0.253 e. The fourth-order valence-electron chi connectivity index (χ4n) is 2.91. The Labute approximate surface area is 141 Å². The third kappa shape index (κ3) is 3.82. The number of aromatic nitrogens is 2. The number of anilines is 1. The zero-order valence-electron chi connectivity index (χ0n) is 14.0. The molecule has 0 aliphatic carbocycles. The van der Waals surface area contributed by atoms with Crippen LogP contribution in [-0.4, -0.2) is 47.0 Å². The van der Waals surface area contributed by atoms with Crippen molar-refractivity contribution in [2.24, 2.45) is 0 Å². The number of benzene rings is 1. The molecule has 1 amide bonds. The van der Waals surface area contributed by atoms with Gasteiger partial charge >= 0.3 is 0 Å². The van der Waals surface area contributed by atoms with E-state index in [0.29, 0.717) is 17.4 Å². The van der Waals surface area contributed by atoms with Crippen molar-refractivity contribution in [1.29, 1.82) is 0 Å². The van der Waals surface area contributed by atoms with E-state index in [2.05, 4.69) is 15.3 Å². The molecule has 1 N–H and O–H groups in total. The predicted octanol–water partition coefficient (Wildman–Crippen LogP) is 2.51. The Kier molecular flexibility index (Phi) is 4.93. The van der Waals surface area contributed by atoms with Crippen LogP contribution in [0.3, 0.4) is 0 Å². The number of hydrogen-bond donors (Lipinski definition) is 1. The SMILES string of the molecule is COc1cccc(C(=O)N2CCC(Nc3cc(C)ncn3)CC2)c1. The Balaban J connectivity index is 1.57. The number of hydrogen-bond acceptors (Lipinski definition) is 5. The van der Waals surface area contributed by atoms with Gasteiger partial charge in [0.2, 0.25) is 0 Å². The lowest BCUT2D eigenvalue weighted by Crippen LogP contribution is -2.42. The van der Waals surface area contributed by atoms with Gasteiger partial charge in [0.05, 0.1) is 7.11 Å². The lowest BCUT2D eigenvalue weighted by Gasteiger charge is -2.32. The summed E-state index contributed by atoms with van der Waals surface area (Å²) in [5.74, 6) is 1.61. The predicted molar refractivity (Wildman–Crippen MR) is 92.3 cm³/mol. The highest BCUT2D eigenvalue weighted by Gasteiger charge is 2.24. The number of aryl methyl sites for hydroxylation is 1. The van der Waals surface area contributed by atoms with Crippen LogP contribution in [0.4, 0.5) is 5.82 Å². The molecule has 0 atom stereocenters. The van der Waals surface area contributed by atoms with Crippen molar-refractivity contribution in [1.82, 2.24) is 14.9 Å². The zero-order valence-corrected chi connectivity index (χ0v) is 14.0. The van der Waals surface area contributed by atoms with Crippen LogP contribution < -0.4 is 10.1 Å². The molecule has 6 heteroatoms. The summed E-state index contributed by atoms with van der Waals surface area (Å²) in [6.07, 6.45) is 3.37. The molecule has 1 aromatic carbocycles. The van der Waals surface area contributed by atoms with E-state index in [1.54, 1.807) is 19.5 Å². The fourth-order valence-corrected chi connectivity index (χ4v) is 2.91. The number of piperidine rings is 1. The smallest absolute Gasteiger partial charge is 0.253 e. The molecular weight excluding hydrogens is 304 g/mol. The maximum absolute atomic E-state index is 12.6. The molecule has 2 aromatic rings. The van der Waals surface area contributed by atoms with Crippen LogP contribution in [0, 0.1) is 6.92 Å². The number of likely N-dealkylation sites (tertiary alicyclic amines) is 1. The Morgan fingerprint density at radius 3 is 2.75 bits per heavy atom. The van der Waals surface area contributed by atoms with E-state index in [-0.39, 0.29) is 5.91 Å². The molecule has 0 radical (unpaired) electrons. The molecule has 1 aromatic heterocycles. The van der Waals surface area contributed by atoms with Crippen molar-refractivity contribution in [3.8, 4) is 5.75 Å². The van der Waals surface area contributed by atoms with Crippen LogP contribution in [-0.2, 0) is 0 Å². The van der Waals surface area contributed by atoms with Gasteiger partial charge in [0, 0.05) is 36.5 Å². The molecule has 1 fully saturated rings. The molecule has 1 aliphatic heterocycles. The molecule has 1 aliphatic rings. The summed E-state index contributed by atoms with van der Waals surface area (Å²) in [7, 11) is 1.61. The van der Waals surface area contributed by atoms with Gasteiger partial charge in [-0.1, -0.05) is 6.07 Å². The van der Waals surface area contributed by atoms with E-state index < -0.39 is 0 Å². The quantitative estimate of drug-likeness (QED) is 0.935. The number of nitrogens with one attached hydrogen (secondary N) is 1. The summed E-state index contributed by atoms with van der Waals surface area (Å²) < 4.78 is 5.19. The monoisotopic (exact) mass is 326 g/mol. The fraction of sp³-hybridized carbons (Fsp3) is 0.389. The van der Waals surface area contributed by atoms with Crippen LogP contribution in [0.25, 0.3) is 0 Å². The Morgan fingerprint density at radius 2 is 2.04 bits per heavy atom. The number of ether oxygens (including phenoxy) is 1. The largest absolute Gasteiger partial charge is 0.497 e. The first kappa shape index (κ1) is 16.2. The van der Waals surface area contributed by atoms with E-state index >= 15 is 0 Å². The van der Waals surface area contributed by atoms with E-state index in [0.717, 1.165) is 37.4 Å². The van der Waals surface area contributed by atoms with Gasteiger partial charge in [-0.05, 0) is 38.0 Å². The summed E-state index contributed by atoms with van der Waals surface area (Å²) in [5, 5.41) is 3.43. The average Bonchev–Trinajstić information content (AvgIpc) is 2.62. The molecular formula is C18H22N4O2. The Hall–Kier alpha value is -2.63. The molecule has 0 bridgehead atoms. The Morgan fingerprint density at radius 1 is 1.25 bits per heavy atom. The van der Waals surface area contributed by atoms with Crippen LogP contribution >= 0.6 is 0 Å². The molecule has 0 unspecified atom stereocenters. The highest BCUT2D eigenvalue weighted by Crippen LogP contribution is 2.19. The van der Waals surface area contributed by atoms with Crippen molar-refractivity contribution in [3.63, 3.8) is 0 Å². The van der Waals surface area contributed by atoms with E-state index in [1.165, 1.54) is 0 Å². The molecule has 0 spiro atoms. The maximum atomic E-state index is 12.6. The third-order valence-corrected chi connectivity index (χ3v) is 4.25. The number of carbonyl (C=O) groups excluding carboxylic acids is 1. The van der Waals surface area contributed by atoms with Gasteiger partial charge in [0.25, 0.3) is 5.91 Å². The van der Waals surface area contributed by atoms with Gasteiger partial charge in [-0.15, -0.1) is 0 Å². The highest BCUT2D eigenvalue weighted by molar-refractivity contribution is 5.94. The van der Waals surface area contributed by atoms with Gasteiger partial charge in [-0.3, -0.25) is 4.79 Å². The van der Waals surface area contributed by atoms with Gasteiger partial charge < -0.3 is 15.0 Å². The summed E-state index contributed by atoms with van der Waals surface area (Å²) in [6.45, 7) is 3.41. The van der Waals surface area contributed by atoms with E-state index in [9.17, 15) is 4.79 Å². The van der Waals surface area contributed by atoms with Crippen molar-refractivity contribution in [3.05, 3.63) is 47.9 Å². The van der Waals surface area contributed by atoms with Crippen molar-refractivity contribution >= 4 is 11.7 Å². The van der Waals surface area contributed by atoms with Crippen molar-refractivity contribution < 1.29 is 9.53 Å². The number of nitrogens with zero attached hydrogens (tertiary/aromatic N) is 3. The highest BCUT2D eigenvalue weighted by atomic mass is 16.5. The average molecular weight is 326 g/mol. The molecule has 126 valence electrons. The molecule has 6 nitrogen and oxygen atoms in total. The summed E-state index contributed by atoms with van der Waals surface area (Å²) in [6, 6.07) is 9.57. The summed E-state index contributed by atoms with van der Waals surface area (Å²) in [4.78, 5) is 22.8. The van der Waals surface area contributed by atoms with Crippen LogP contribution in [0.2, 0.25) is 0 Å². The Bertz CT molecular complexity index is 712. The molecule has 2 heterocycles. The second-order valence-electron chi connectivity index (χ2n) is 5.99. The minimum atomic E-state index is 0.0604. The number of rotatable bonds is 4. The zero-order chi connectivity index (χ0) is 16.9. The third-order valence-electron chi connectivity index (χ3n) is 4.25. The van der Waals surface area contributed by atoms with E-state index in [1.807, 2.05) is 36.1 Å². The molecule has 3 rings (SSSR count). The number of amides is 1. The van der Waals surface area contributed by atoms with Gasteiger partial charge in [-0.25, -0.2) is 9.97 Å². The molecule has 0 saturated carbocycles. The second kappa shape index (κ2) is 7.29. The molecule has 1 saturated heterocycles. The molecule has 24 heavy (non-hydrogen) atoms. The minimum absolute atomic E-state index is 0.0604. The van der Waals surface area contributed by atoms with Crippen LogP contribution in [0.5, 0.6) is 5.75 Å².